The lowest BCUT2D eigenvalue weighted by Gasteiger charge is -2.07. The number of methoxy groups -OCH3 is 1. The van der Waals surface area contributed by atoms with Crippen molar-refractivity contribution in [2.75, 3.05) is 7.11 Å². The second-order valence-corrected chi connectivity index (χ2v) is 5.07. The Morgan fingerprint density at radius 1 is 1.04 bits per heavy atom. The van der Waals surface area contributed by atoms with Crippen LogP contribution in [0.15, 0.2) is 60.2 Å². The lowest BCUT2D eigenvalue weighted by Crippen LogP contribution is -2.09. The van der Waals surface area contributed by atoms with Crippen molar-refractivity contribution in [2.45, 2.75) is 13.0 Å². The summed E-state index contributed by atoms with van der Waals surface area (Å²) < 4.78 is 10.3. The van der Waals surface area contributed by atoms with Crippen LogP contribution >= 0.6 is 0 Å². The number of hydrogen-bond donors (Lipinski definition) is 1. The molecule has 0 aliphatic carbocycles. The highest BCUT2D eigenvalue weighted by Crippen LogP contribution is 2.17. The van der Waals surface area contributed by atoms with Crippen LogP contribution < -0.4 is 4.74 Å². The fourth-order valence-electron chi connectivity index (χ4n) is 2.08. The van der Waals surface area contributed by atoms with Gasteiger partial charge in [0.25, 0.3) is 0 Å². The molecule has 2 aromatic carbocycles. The maximum atomic E-state index is 11.6. The number of ether oxygens (including phenoxy) is 2. The first-order chi connectivity index (χ1) is 11.6. The molecule has 0 spiro atoms. The van der Waals surface area contributed by atoms with E-state index >= 15 is 0 Å². The normalized spacial score (nSPS) is 11.0. The average Bonchev–Trinajstić information content (AvgIpc) is 2.60. The van der Waals surface area contributed by atoms with E-state index in [2.05, 4.69) is 4.74 Å². The second-order valence-electron chi connectivity index (χ2n) is 5.07. The summed E-state index contributed by atoms with van der Waals surface area (Å²) in [6.45, 7) is 0.461. The van der Waals surface area contributed by atoms with Gasteiger partial charge in [0.1, 0.15) is 12.4 Å². The fourth-order valence-corrected chi connectivity index (χ4v) is 2.08. The van der Waals surface area contributed by atoms with Crippen molar-refractivity contribution in [2.24, 2.45) is 0 Å². The minimum atomic E-state index is -1.09. The van der Waals surface area contributed by atoms with Crippen LogP contribution in [0.3, 0.4) is 0 Å². The summed E-state index contributed by atoms with van der Waals surface area (Å²) in [4.78, 5) is 22.4. The Kier molecular flexibility index (Phi) is 6.14. The number of carboxylic acids is 1. The van der Waals surface area contributed by atoms with E-state index in [0.717, 1.165) is 5.56 Å². The summed E-state index contributed by atoms with van der Waals surface area (Å²) in [5.41, 5.74) is 1.85. The van der Waals surface area contributed by atoms with Crippen molar-refractivity contribution in [1.29, 1.82) is 0 Å². The van der Waals surface area contributed by atoms with Crippen LogP contribution in [0, 0.1) is 0 Å². The molecule has 0 saturated carbocycles. The number of carbonyl (C=O) groups is 2. The van der Waals surface area contributed by atoms with Crippen molar-refractivity contribution in [1.82, 2.24) is 0 Å². The van der Waals surface area contributed by atoms with Crippen LogP contribution in [0.5, 0.6) is 5.75 Å². The predicted octanol–water partition coefficient (Wildman–Crippen LogP) is 3.30. The van der Waals surface area contributed by atoms with Gasteiger partial charge >= 0.3 is 11.9 Å². The Bertz CT molecular complexity index is 717. The molecule has 0 saturated heterocycles. The molecule has 0 aromatic heterocycles. The highest BCUT2D eigenvalue weighted by molar-refractivity contribution is 5.97. The van der Waals surface area contributed by atoms with Gasteiger partial charge < -0.3 is 14.6 Å². The molecular weight excluding hydrogens is 308 g/mol. The van der Waals surface area contributed by atoms with E-state index in [-0.39, 0.29) is 12.0 Å². The van der Waals surface area contributed by atoms with Gasteiger partial charge in [0.15, 0.2) is 0 Å². The lowest BCUT2D eigenvalue weighted by molar-refractivity contribution is -0.141. The van der Waals surface area contributed by atoms with Crippen molar-refractivity contribution >= 4 is 18.0 Å². The van der Waals surface area contributed by atoms with Crippen LogP contribution in [0.25, 0.3) is 6.08 Å². The van der Waals surface area contributed by atoms with E-state index in [4.69, 9.17) is 9.84 Å². The quantitative estimate of drug-likeness (QED) is 0.624. The van der Waals surface area contributed by atoms with Crippen molar-refractivity contribution in [3.05, 3.63) is 71.3 Å². The van der Waals surface area contributed by atoms with Gasteiger partial charge in [-0.1, -0.05) is 42.5 Å². The molecule has 0 bridgehead atoms. The number of benzene rings is 2. The van der Waals surface area contributed by atoms with Crippen molar-refractivity contribution in [3.63, 3.8) is 0 Å². The van der Waals surface area contributed by atoms with Crippen LogP contribution in [0.1, 0.15) is 17.5 Å². The van der Waals surface area contributed by atoms with E-state index < -0.39 is 11.9 Å². The highest BCUT2D eigenvalue weighted by Gasteiger charge is 2.13. The molecule has 0 aliphatic rings. The van der Waals surface area contributed by atoms with Gasteiger partial charge in [-0.2, -0.15) is 0 Å². The van der Waals surface area contributed by atoms with Crippen molar-refractivity contribution in [3.8, 4) is 5.75 Å². The molecule has 0 unspecified atom stereocenters. The summed E-state index contributed by atoms with van der Waals surface area (Å²) >= 11 is 0. The maximum absolute atomic E-state index is 11.6. The smallest absolute Gasteiger partial charge is 0.334 e. The topological polar surface area (TPSA) is 72.8 Å². The largest absolute Gasteiger partial charge is 0.489 e. The lowest BCUT2D eigenvalue weighted by atomic mass is 10.1. The summed E-state index contributed by atoms with van der Waals surface area (Å²) in [6.07, 6.45) is 1.11. The zero-order valence-corrected chi connectivity index (χ0v) is 13.3. The molecule has 0 aliphatic heterocycles. The third kappa shape index (κ3) is 5.28. The van der Waals surface area contributed by atoms with Gasteiger partial charge in [0.2, 0.25) is 0 Å². The van der Waals surface area contributed by atoms with Gasteiger partial charge in [0, 0.05) is 5.57 Å². The molecule has 1 N–H and O–H groups in total. The number of esters is 1. The maximum Gasteiger partial charge on any atom is 0.334 e. The first-order valence-corrected chi connectivity index (χ1v) is 7.36. The predicted molar refractivity (Wildman–Crippen MR) is 89.5 cm³/mol. The van der Waals surface area contributed by atoms with Gasteiger partial charge in [-0.05, 0) is 29.3 Å². The number of carboxylic acid groups (broad SMARTS) is 1. The molecule has 5 heteroatoms. The number of aliphatic carboxylic acids is 1. The third-order valence-corrected chi connectivity index (χ3v) is 3.26. The number of hydrogen-bond acceptors (Lipinski definition) is 4. The van der Waals surface area contributed by atoms with E-state index in [1.165, 1.54) is 13.2 Å². The Labute approximate surface area is 140 Å². The first-order valence-electron chi connectivity index (χ1n) is 7.36. The number of carbonyl (C=O) groups excluding carboxylic acids is 1. The summed E-state index contributed by atoms with van der Waals surface area (Å²) in [6, 6.07) is 16.8. The van der Waals surface area contributed by atoms with Crippen LogP contribution in [0.2, 0.25) is 0 Å². The molecule has 24 heavy (non-hydrogen) atoms. The second kappa shape index (κ2) is 8.53. The van der Waals surface area contributed by atoms with Gasteiger partial charge in [-0.15, -0.1) is 0 Å². The van der Waals surface area contributed by atoms with E-state index in [0.29, 0.717) is 17.9 Å². The molecule has 0 fully saturated rings. The van der Waals surface area contributed by atoms with Gasteiger partial charge in [0.05, 0.1) is 13.5 Å². The van der Waals surface area contributed by atoms with E-state index in [9.17, 15) is 9.59 Å². The Morgan fingerprint density at radius 3 is 2.29 bits per heavy atom. The standard InChI is InChI=1S/C19H18O5/c1-23-19(22)16(12-18(20)21)11-14-7-9-17(10-8-14)24-13-15-5-3-2-4-6-15/h2-11H,12-13H2,1H3,(H,20,21)/b16-11+. The van der Waals surface area contributed by atoms with Gasteiger partial charge in [-0.25, -0.2) is 4.79 Å². The van der Waals surface area contributed by atoms with Crippen molar-refractivity contribution < 1.29 is 24.2 Å². The zero-order valence-electron chi connectivity index (χ0n) is 13.3. The first kappa shape index (κ1) is 17.3. The monoisotopic (exact) mass is 326 g/mol. The molecule has 0 heterocycles. The Balaban J connectivity index is 2.05. The molecule has 2 rings (SSSR count). The number of rotatable bonds is 7. The van der Waals surface area contributed by atoms with Crippen LogP contribution in [0.4, 0.5) is 0 Å². The third-order valence-electron chi connectivity index (χ3n) is 3.26. The molecular formula is C19H18O5. The minimum absolute atomic E-state index is 0.0861. The highest BCUT2D eigenvalue weighted by atomic mass is 16.5. The van der Waals surface area contributed by atoms with E-state index in [1.807, 2.05) is 30.3 Å². The fraction of sp³-hybridized carbons (Fsp3) is 0.158. The minimum Gasteiger partial charge on any atom is -0.489 e. The Morgan fingerprint density at radius 2 is 1.71 bits per heavy atom. The summed E-state index contributed by atoms with van der Waals surface area (Å²) in [5, 5.41) is 8.86. The Hall–Kier alpha value is -3.08. The molecule has 0 atom stereocenters. The van der Waals surface area contributed by atoms with Crippen LogP contribution in [-0.2, 0) is 20.9 Å². The molecule has 124 valence electrons. The average molecular weight is 326 g/mol. The SMILES string of the molecule is COC(=O)/C(=C/c1ccc(OCc2ccccc2)cc1)CC(=O)O. The van der Waals surface area contributed by atoms with Crippen LogP contribution in [-0.4, -0.2) is 24.2 Å². The zero-order chi connectivity index (χ0) is 17.4. The van der Waals surface area contributed by atoms with Gasteiger partial charge in [-0.3, -0.25) is 4.79 Å². The molecule has 0 radical (unpaired) electrons. The molecule has 2 aromatic rings. The molecule has 0 amide bonds. The summed E-state index contributed by atoms with van der Waals surface area (Å²) in [7, 11) is 1.22. The van der Waals surface area contributed by atoms with E-state index in [1.54, 1.807) is 24.3 Å². The summed E-state index contributed by atoms with van der Waals surface area (Å²) in [5.74, 6) is -1.05. The molecule has 5 nitrogen and oxygen atoms in total.